The largest absolute Gasteiger partial charge is 0.547 e. The predicted molar refractivity (Wildman–Crippen MR) is 60.8 cm³/mol. The molecular weight excluding hydrogens is 220 g/mol. The maximum atomic E-state index is 9.34. The molecule has 0 saturated heterocycles. The maximum Gasteiger partial charge on any atom is 0.244 e. The highest BCUT2D eigenvalue weighted by Crippen LogP contribution is 2.07. The molecule has 1 aromatic heterocycles. The van der Waals surface area contributed by atoms with Crippen LogP contribution >= 0.6 is 0 Å². The number of hydrogen-bond acceptors (Lipinski definition) is 3. The zero-order chi connectivity index (χ0) is 13.0. The quantitative estimate of drug-likeness (QED) is 0.654. The van der Waals surface area contributed by atoms with Crippen LogP contribution in [0.4, 0.5) is 0 Å². The number of fused-ring (bicyclic) bond motifs is 1. The third-order valence-electron chi connectivity index (χ3n) is 2.33. The highest BCUT2D eigenvalue weighted by molar-refractivity contribution is 5.71. The van der Waals surface area contributed by atoms with E-state index in [0.717, 1.165) is 6.92 Å². The zero-order valence-electron chi connectivity index (χ0n) is 10.1. The van der Waals surface area contributed by atoms with E-state index in [-0.39, 0.29) is 0 Å². The van der Waals surface area contributed by atoms with Gasteiger partial charge in [-0.25, -0.2) is 9.13 Å². The lowest BCUT2D eigenvalue weighted by molar-refractivity contribution is -0.645. The fourth-order valence-corrected chi connectivity index (χ4v) is 1.44. The summed E-state index contributed by atoms with van der Waals surface area (Å²) in [5.74, 6) is -1.44. The van der Waals surface area contributed by atoms with Crippen LogP contribution in [-0.4, -0.2) is 21.7 Å². The minimum atomic E-state index is -1.44. The van der Waals surface area contributed by atoms with Gasteiger partial charge in [0, 0.05) is 0 Å². The van der Waals surface area contributed by atoms with Crippen molar-refractivity contribution in [2.75, 3.05) is 0 Å². The van der Waals surface area contributed by atoms with Crippen LogP contribution in [0.2, 0.25) is 0 Å². The molecule has 0 spiro atoms. The first-order valence-corrected chi connectivity index (χ1v) is 5.22. The molecule has 92 valence electrons. The molecule has 1 aromatic carbocycles. The van der Waals surface area contributed by atoms with Crippen LogP contribution in [0.3, 0.4) is 0 Å². The van der Waals surface area contributed by atoms with Crippen molar-refractivity contribution < 1.29 is 19.6 Å². The van der Waals surface area contributed by atoms with E-state index in [1.54, 1.807) is 0 Å². The first kappa shape index (κ1) is 13.2. The van der Waals surface area contributed by atoms with Crippen LogP contribution in [0, 0.1) is 0 Å². The summed E-state index contributed by atoms with van der Waals surface area (Å²) in [7, 11) is 4.12. The van der Waals surface area contributed by atoms with Crippen LogP contribution in [0.25, 0.3) is 11.0 Å². The monoisotopic (exact) mass is 236 g/mol. The Hall–Kier alpha value is -1.88. The summed E-state index contributed by atoms with van der Waals surface area (Å²) in [5, 5.41) is 17.3. The highest BCUT2D eigenvalue weighted by Gasteiger charge is 2.06. The zero-order valence-corrected chi connectivity index (χ0v) is 10.1. The summed E-state index contributed by atoms with van der Waals surface area (Å²) in [5.41, 5.74) is 2.55. The first-order chi connectivity index (χ1) is 7.93. The lowest BCUT2D eigenvalue weighted by atomic mass is 10.3. The number of hydrogen-bond donors (Lipinski definition) is 1. The lowest BCUT2D eigenvalue weighted by Gasteiger charge is -2.00. The smallest absolute Gasteiger partial charge is 0.244 e. The number of carboxylic acids is 1. The van der Waals surface area contributed by atoms with Gasteiger partial charge in [-0.3, -0.25) is 0 Å². The molecule has 0 radical (unpaired) electrons. The van der Waals surface area contributed by atoms with E-state index in [2.05, 4.69) is 53.8 Å². The van der Waals surface area contributed by atoms with E-state index in [9.17, 15) is 9.90 Å². The average Bonchev–Trinajstić information content (AvgIpc) is 2.56. The Morgan fingerprint density at radius 2 is 2.00 bits per heavy atom. The molecule has 0 fully saturated rings. The number of aromatic nitrogens is 2. The van der Waals surface area contributed by atoms with Gasteiger partial charge in [0.2, 0.25) is 6.33 Å². The molecule has 0 saturated carbocycles. The molecule has 0 aliphatic heterocycles. The number of nitrogens with zero attached hydrogens (tertiary/aromatic N) is 2. The second-order valence-electron chi connectivity index (χ2n) is 3.82. The van der Waals surface area contributed by atoms with Crippen LogP contribution in [0.1, 0.15) is 6.92 Å². The summed E-state index contributed by atoms with van der Waals surface area (Å²) in [6.45, 7) is 1.13. The van der Waals surface area contributed by atoms with Crippen LogP contribution < -0.4 is 9.67 Å². The third kappa shape index (κ3) is 3.29. The number of benzene rings is 1. The molecule has 1 atom stereocenters. The number of rotatable bonds is 1. The van der Waals surface area contributed by atoms with E-state index in [0.29, 0.717) is 0 Å². The summed E-state index contributed by atoms with van der Waals surface area (Å²) in [6, 6.07) is 8.36. The van der Waals surface area contributed by atoms with Gasteiger partial charge in [0.05, 0.1) is 26.2 Å². The molecule has 5 heteroatoms. The third-order valence-corrected chi connectivity index (χ3v) is 2.33. The van der Waals surface area contributed by atoms with Gasteiger partial charge in [-0.1, -0.05) is 12.1 Å². The van der Waals surface area contributed by atoms with Crippen LogP contribution in [-0.2, 0) is 18.9 Å². The molecule has 1 heterocycles. The van der Waals surface area contributed by atoms with Gasteiger partial charge in [-0.2, -0.15) is 0 Å². The van der Waals surface area contributed by atoms with Crippen molar-refractivity contribution in [2.24, 2.45) is 14.1 Å². The number of carbonyl (C=O) groups is 1. The first-order valence-electron chi connectivity index (χ1n) is 5.22. The molecule has 1 N–H and O–H groups in total. The maximum absolute atomic E-state index is 9.34. The van der Waals surface area contributed by atoms with Gasteiger partial charge in [-0.15, -0.1) is 0 Å². The van der Waals surface area contributed by atoms with Crippen molar-refractivity contribution in [1.29, 1.82) is 0 Å². The molecule has 2 rings (SSSR count). The van der Waals surface area contributed by atoms with Gasteiger partial charge in [-0.05, 0) is 19.1 Å². The van der Waals surface area contributed by atoms with Gasteiger partial charge >= 0.3 is 0 Å². The van der Waals surface area contributed by atoms with Crippen LogP contribution in [0.15, 0.2) is 30.6 Å². The van der Waals surface area contributed by atoms with Crippen molar-refractivity contribution in [1.82, 2.24) is 4.57 Å². The minimum absolute atomic E-state index is 1.13. The van der Waals surface area contributed by atoms with Crippen LogP contribution in [0.5, 0.6) is 0 Å². The highest BCUT2D eigenvalue weighted by atomic mass is 16.4. The summed E-state index contributed by atoms with van der Waals surface area (Å²) in [6.07, 6.45) is 0.731. The molecular formula is C12H16N2O3. The lowest BCUT2D eigenvalue weighted by Crippen LogP contribution is -2.32. The molecule has 1 unspecified atom stereocenters. The molecule has 0 amide bonds. The van der Waals surface area contributed by atoms with E-state index >= 15 is 0 Å². The topological polar surface area (TPSA) is 69.2 Å². The Labute approximate surface area is 99.5 Å². The van der Waals surface area contributed by atoms with Crippen molar-refractivity contribution in [2.45, 2.75) is 13.0 Å². The number of para-hydroxylation sites is 2. The Bertz CT molecular complexity index is 481. The Morgan fingerprint density at radius 1 is 1.47 bits per heavy atom. The molecule has 2 aromatic rings. The Balaban J connectivity index is 0.000000209. The molecule has 0 bridgehead atoms. The number of aliphatic hydroxyl groups is 1. The van der Waals surface area contributed by atoms with Crippen molar-refractivity contribution in [3.05, 3.63) is 30.6 Å². The molecule has 17 heavy (non-hydrogen) atoms. The van der Waals surface area contributed by atoms with Crippen molar-refractivity contribution in [3.63, 3.8) is 0 Å². The van der Waals surface area contributed by atoms with Gasteiger partial charge in [0.25, 0.3) is 0 Å². The van der Waals surface area contributed by atoms with E-state index in [1.807, 2.05) is 0 Å². The Morgan fingerprint density at radius 3 is 2.47 bits per heavy atom. The predicted octanol–water partition coefficient (Wildman–Crippen LogP) is -0.880. The number of carboxylic acid groups (broad SMARTS) is 1. The number of carbonyl (C=O) groups excluding carboxylic acids is 1. The summed E-state index contributed by atoms with van der Waals surface area (Å²) >= 11 is 0. The van der Waals surface area contributed by atoms with E-state index in [1.165, 1.54) is 11.0 Å². The van der Waals surface area contributed by atoms with E-state index < -0.39 is 12.1 Å². The number of aryl methyl sites for hydroxylation is 2. The SMILES string of the molecule is CC(O)C(=O)[O-].Cn1c[n+](C)c2ccccc21. The van der Waals surface area contributed by atoms with Gasteiger partial charge in [0.15, 0.2) is 11.0 Å². The number of aliphatic hydroxyl groups excluding tert-OH is 1. The molecule has 0 aliphatic rings. The summed E-state index contributed by atoms with van der Waals surface area (Å²) in [4.78, 5) is 9.34. The second kappa shape index (κ2) is 5.45. The normalized spacial score (nSPS) is 11.8. The van der Waals surface area contributed by atoms with Gasteiger partial charge < -0.3 is 15.0 Å². The molecule has 0 aliphatic carbocycles. The van der Waals surface area contributed by atoms with Gasteiger partial charge in [0.1, 0.15) is 0 Å². The minimum Gasteiger partial charge on any atom is -0.547 e. The van der Waals surface area contributed by atoms with Crippen molar-refractivity contribution in [3.8, 4) is 0 Å². The molecule has 5 nitrogen and oxygen atoms in total. The number of aliphatic carboxylic acids is 1. The fraction of sp³-hybridized carbons (Fsp3) is 0.333. The van der Waals surface area contributed by atoms with Crippen molar-refractivity contribution >= 4 is 17.0 Å². The van der Waals surface area contributed by atoms with E-state index in [4.69, 9.17) is 5.11 Å². The average molecular weight is 236 g/mol. The Kier molecular flexibility index (Phi) is 4.23. The summed E-state index contributed by atoms with van der Waals surface area (Å²) < 4.78 is 4.24. The number of imidazole rings is 1. The fourth-order valence-electron chi connectivity index (χ4n) is 1.44. The second-order valence-corrected chi connectivity index (χ2v) is 3.82. The standard InChI is InChI=1S/C9H11N2.C3H6O3/c1-10-7-11(2)9-6-4-3-5-8(9)10;1-2(4)3(5)6/h3-7H,1-2H3;2,4H,1H3,(H,5,6)/q+1;/p-1.